The van der Waals surface area contributed by atoms with Crippen molar-refractivity contribution in [2.24, 2.45) is 0 Å². The van der Waals surface area contributed by atoms with Crippen LogP contribution in [0.3, 0.4) is 0 Å². The highest BCUT2D eigenvalue weighted by molar-refractivity contribution is 14.1. The Bertz CT molecular complexity index is 846. The number of hydrogen-bond acceptors (Lipinski definition) is 4. The average molecular weight is 463 g/mol. The van der Waals surface area contributed by atoms with Gasteiger partial charge in [-0.2, -0.15) is 0 Å². The minimum atomic E-state index is -0.675. The van der Waals surface area contributed by atoms with Gasteiger partial charge in [0, 0.05) is 22.8 Å². The average Bonchev–Trinajstić information content (AvgIpc) is 2.91. The van der Waals surface area contributed by atoms with E-state index in [-0.39, 0.29) is 17.9 Å². The first-order valence-electron chi connectivity index (χ1n) is 8.13. The molecule has 0 aromatic heterocycles. The summed E-state index contributed by atoms with van der Waals surface area (Å²) in [5.74, 6) is -1.46. The number of methoxy groups -OCH3 is 1. The minimum Gasteiger partial charge on any atom is -0.507 e. The van der Waals surface area contributed by atoms with Crippen molar-refractivity contribution in [1.82, 2.24) is 4.90 Å². The van der Waals surface area contributed by atoms with Crippen LogP contribution in [0.25, 0.3) is 5.76 Å². The fourth-order valence-corrected chi connectivity index (χ4v) is 3.40. The van der Waals surface area contributed by atoms with Crippen LogP contribution in [0.4, 0.5) is 0 Å². The predicted octanol–water partition coefficient (Wildman–Crippen LogP) is 3.36. The molecule has 0 radical (unpaired) electrons. The van der Waals surface area contributed by atoms with Gasteiger partial charge < -0.3 is 14.7 Å². The number of halogens is 1. The molecule has 1 saturated heterocycles. The maximum Gasteiger partial charge on any atom is 0.295 e. The molecule has 1 aliphatic heterocycles. The third-order valence-corrected chi connectivity index (χ3v) is 5.03. The molecule has 5 nitrogen and oxygen atoms in total. The van der Waals surface area contributed by atoms with Crippen LogP contribution in [-0.2, 0) is 14.3 Å². The van der Waals surface area contributed by atoms with Gasteiger partial charge in [-0.25, -0.2) is 0 Å². The quantitative estimate of drug-likeness (QED) is 0.320. The summed E-state index contributed by atoms with van der Waals surface area (Å²) < 4.78 is 6.13. The van der Waals surface area contributed by atoms with Crippen molar-refractivity contribution >= 4 is 40.0 Å². The maximum atomic E-state index is 12.7. The summed E-state index contributed by atoms with van der Waals surface area (Å²) in [6, 6.07) is 15.7. The van der Waals surface area contributed by atoms with Crippen LogP contribution in [0.1, 0.15) is 17.2 Å². The van der Waals surface area contributed by atoms with E-state index in [2.05, 4.69) is 22.6 Å². The second-order valence-corrected chi connectivity index (χ2v) is 7.15. The van der Waals surface area contributed by atoms with Gasteiger partial charge in [0.05, 0.1) is 18.2 Å². The van der Waals surface area contributed by atoms with Crippen molar-refractivity contribution in [1.29, 1.82) is 0 Å². The van der Waals surface area contributed by atoms with Crippen molar-refractivity contribution in [2.45, 2.75) is 6.04 Å². The van der Waals surface area contributed by atoms with E-state index in [0.29, 0.717) is 12.2 Å². The Balaban J connectivity index is 2.15. The van der Waals surface area contributed by atoms with Crippen molar-refractivity contribution in [3.8, 4) is 0 Å². The number of aliphatic hydroxyl groups is 1. The van der Waals surface area contributed by atoms with E-state index in [4.69, 9.17) is 4.74 Å². The molecule has 3 rings (SSSR count). The molecular weight excluding hydrogens is 445 g/mol. The summed E-state index contributed by atoms with van der Waals surface area (Å²) in [6.07, 6.45) is 0. The number of carbonyl (C=O) groups is 2. The van der Waals surface area contributed by atoms with E-state index >= 15 is 0 Å². The lowest BCUT2D eigenvalue weighted by Crippen LogP contribution is -2.32. The first kappa shape index (κ1) is 18.6. The molecule has 26 heavy (non-hydrogen) atoms. The first-order chi connectivity index (χ1) is 12.5. The van der Waals surface area contributed by atoms with E-state index in [1.807, 2.05) is 30.3 Å². The van der Waals surface area contributed by atoms with Crippen molar-refractivity contribution in [2.75, 3.05) is 20.3 Å². The summed E-state index contributed by atoms with van der Waals surface area (Å²) in [6.45, 7) is 0.572. The van der Waals surface area contributed by atoms with Crippen LogP contribution in [0.2, 0.25) is 0 Å². The van der Waals surface area contributed by atoms with E-state index in [9.17, 15) is 14.7 Å². The van der Waals surface area contributed by atoms with Gasteiger partial charge >= 0.3 is 0 Å². The van der Waals surface area contributed by atoms with Crippen molar-refractivity contribution in [3.63, 3.8) is 0 Å². The molecule has 0 bridgehead atoms. The zero-order valence-electron chi connectivity index (χ0n) is 14.2. The first-order valence-corrected chi connectivity index (χ1v) is 9.20. The molecule has 1 amide bonds. The molecular formula is C20H18INO4. The highest BCUT2D eigenvalue weighted by Gasteiger charge is 2.45. The number of aliphatic hydroxyl groups excluding tert-OH is 1. The number of ether oxygens (including phenoxy) is 1. The molecule has 0 aliphatic carbocycles. The summed E-state index contributed by atoms with van der Waals surface area (Å²) in [7, 11) is 1.54. The molecule has 1 heterocycles. The van der Waals surface area contributed by atoms with E-state index in [0.717, 1.165) is 9.13 Å². The standard InChI is InChI=1S/C20H18INO4/c1-26-12-11-22-17(13-7-9-15(21)10-8-13)16(19(24)20(22)25)18(23)14-5-3-2-4-6-14/h2-10,17,23H,11-12H2,1H3/b18-16+/t17-/m1/s1. The Morgan fingerprint density at radius 3 is 2.38 bits per heavy atom. The topological polar surface area (TPSA) is 66.8 Å². The number of amides is 1. The summed E-state index contributed by atoms with van der Waals surface area (Å²) in [5, 5.41) is 10.8. The maximum absolute atomic E-state index is 12.7. The molecule has 1 fully saturated rings. The molecule has 1 aliphatic rings. The third-order valence-electron chi connectivity index (χ3n) is 4.31. The second kappa shape index (κ2) is 8.01. The highest BCUT2D eigenvalue weighted by Crippen LogP contribution is 2.39. The fourth-order valence-electron chi connectivity index (χ4n) is 3.04. The molecule has 6 heteroatoms. The number of ketones is 1. The molecule has 2 aromatic rings. The van der Waals surface area contributed by atoms with Gasteiger partial charge in [-0.3, -0.25) is 9.59 Å². The number of rotatable bonds is 5. The number of hydrogen-bond donors (Lipinski definition) is 1. The van der Waals surface area contributed by atoms with Crippen LogP contribution in [0, 0.1) is 3.57 Å². The zero-order chi connectivity index (χ0) is 18.7. The van der Waals surface area contributed by atoms with Gasteiger partial charge in [0.15, 0.2) is 0 Å². The molecule has 0 saturated carbocycles. The Morgan fingerprint density at radius 1 is 1.12 bits per heavy atom. The predicted molar refractivity (Wildman–Crippen MR) is 106 cm³/mol. The molecule has 134 valence electrons. The zero-order valence-corrected chi connectivity index (χ0v) is 16.3. The van der Waals surface area contributed by atoms with Gasteiger partial charge in [0.1, 0.15) is 5.76 Å². The number of benzene rings is 2. The lowest BCUT2D eigenvalue weighted by atomic mass is 9.95. The summed E-state index contributed by atoms with van der Waals surface area (Å²) in [5.41, 5.74) is 1.39. The van der Waals surface area contributed by atoms with Gasteiger partial charge in [-0.15, -0.1) is 0 Å². The molecule has 0 spiro atoms. The van der Waals surface area contributed by atoms with Crippen molar-refractivity contribution in [3.05, 3.63) is 74.9 Å². The second-order valence-electron chi connectivity index (χ2n) is 5.90. The molecule has 1 atom stereocenters. The Hall–Kier alpha value is -2.19. The number of nitrogens with zero attached hydrogens (tertiary/aromatic N) is 1. The number of Topliss-reactive ketones (excluding diaryl/α,β-unsaturated/α-hetero) is 1. The summed E-state index contributed by atoms with van der Waals surface area (Å²) in [4.78, 5) is 26.7. The van der Waals surface area contributed by atoms with Crippen molar-refractivity contribution < 1.29 is 19.4 Å². The Labute approximate surface area is 165 Å². The summed E-state index contributed by atoms with van der Waals surface area (Å²) >= 11 is 2.19. The number of likely N-dealkylation sites (tertiary alicyclic amines) is 1. The van der Waals surface area contributed by atoms with Gasteiger partial charge in [0.25, 0.3) is 11.7 Å². The molecule has 0 unspecified atom stereocenters. The van der Waals surface area contributed by atoms with Crippen LogP contribution in [0.15, 0.2) is 60.2 Å². The normalized spacial score (nSPS) is 19.2. The van der Waals surface area contributed by atoms with Crippen LogP contribution >= 0.6 is 22.6 Å². The van der Waals surface area contributed by atoms with E-state index in [1.54, 1.807) is 31.4 Å². The Morgan fingerprint density at radius 2 is 1.77 bits per heavy atom. The van der Waals surface area contributed by atoms with Crippen LogP contribution in [-0.4, -0.2) is 42.0 Å². The lowest BCUT2D eigenvalue weighted by Gasteiger charge is -2.25. The van der Waals surface area contributed by atoms with E-state index < -0.39 is 17.7 Å². The minimum absolute atomic E-state index is 0.110. The highest BCUT2D eigenvalue weighted by atomic mass is 127. The number of carbonyl (C=O) groups excluding carboxylic acids is 2. The monoisotopic (exact) mass is 463 g/mol. The SMILES string of the molecule is COCCN1C(=O)C(=O)/C(=C(/O)c2ccccc2)[C@H]1c1ccc(I)cc1. The smallest absolute Gasteiger partial charge is 0.295 e. The van der Waals surface area contributed by atoms with Gasteiger partial charge in [-0.1, -0.05) is 42.5 Å². The fraction of sp³-hybridized carbons (Fsp3) is 0.200. The van der Waals surface area contributed by atoms with Gasteiger partial charge in [-0.05, 0) is 40.3 Å². The lowest BCUT2D eigenvalue weighted by molar-refractivity contribution is -0.140. The van der Waals surface area contributed by atoms with Crippen LogP contribution < -0.4 is 0 Å². The molecule has 1 N–H and O–H groups in total. The van der Waals surface area contributed by atoms with E-state index in [1.165, 1.54) is 4.90 Å². The largest absolute Gasteiger partial charge is 0.507 e. The Kier molecular flexibility index (Phi) is 5.73. The third kappa shape index (κ3) is 3.52. The molecule has 2 aromatic carbocycles. The van der Waals surface area contributed by atoms with Gasteiger partial charge in [0.2, 0.25) is 0 Å². The van der Waals surface area contributed by atoms with Crippen LogP contribution in [0.5, 0.6) is 0 Å².